The van der Waals surface area contributed by atoms with Gasteiger partial charge in [0.2, 0.25) is 0 Å². The molecule has 0 radical (unpaired) electrons. The number of halogens is 3. The summed E-state index contributed by atoms with van der Waals surface area (Å²) in [6.07, 6.45) is -4.99. The smallest absolute Gasteiger partial charge is 0.416 e. The number of alkyl halides is 3. The van der Waals surface area contributed by atoms with E-state index in [4.69, 9.17) is 4.52 Å². The van der Waals surface area contributed by atoms with Gasteiger partial charge in [-0.25, -0.2) is 4.79 Å². The summed E-state index contributed by atoms with van der Waals surface area (Å²) in [5.41, 5.74) is -2.51. The molecule has 0 bridgehead atoms. The molecule has 2 rings (SSSR count). The van der Waals surface area contributed by atoms with Crippen LogP contribution in [-0.2, 0) is 29.6 Å². The molecule has 0 aliphatic carbocycles. The average molecular weight is 437 g/mol. The molecule has 162 valence electrons. The van der Waals surface area contributed by atoms with E-state index in [9.17, 15) is 32.2 Å². The Labute approximate surface area is 166 Å². The van der Waals surface area contributed by atoms with Gasteiger partial charge in [-0.2, -0.15) is 13.2 Å². The molecule has 29 heavy (non-hydrogen) atoms. The fraction of sp³-hybridized carbons (Fsp3) is 0.556. The van der Waals surface area contributed by atoms with Gasteiger partial charge in [0.05, 0.1) is 23.9 Å². The van der Waals surface area contributed by atoms with Gasteiger partial charge in [-0.3, -0.25) is 9.36 Å². The minimum atomic E-state index is -4.69. The maximum absolute atomic E-state index is 13.2. The van der Waals surface area contributed by atoms with E-state index >= 15 is 0 Å². The quantitative estimate of drug-likeness (QED) is 0.425. The van der Waals surface area contributed by atoms with Crippen molar-refractivity contribution in [1.82, 2.24) is 0 Å². The van der Waals surface area contributed by atoms with E-state index in [1.807, 2.05) is 0 Å². The minimum Gasteiger partial charge on any atom is -0.459 e. The molecule has 0 saturated heterocycles. The summed E-state index contributed by atoms with van der Waals surface area (Å²) in [7, 11) is -4.36. The highest BCUT2D eigenvalue weighted by Crippen LogP contribution is 2.62. The molecule has 0 aromatic heterocycles. The number of esters is 1. The van der Waals surface area contributed by atoms with Crippen molar-refractivity contribution in [2.45, 2.75) is 51.6 Å². The number of amides is 1. The van der Waals surface area contributed by atoms with E-state index in [1.54, 1.807) is 13.8 Å². The van der Waals surface area contributed by atoms with Crippen LogP contribution < -0.4 is 4.90 Å². The summed E-state index contributed by atoms with van der Waals surface area (Å²) >= 11 is 0. The standard InChI is InChI=1S/C18H23F3NO6P/c1-4-11(3)28-29(25,26)15-8-9-22(16(23)17(24)27-5-2)14-7-6-12(10-13(14)15)18(19,20)21/h6-7,10-11,15H,4-5,8-9H2,1-3H3,(H,25,26). The topological polar surface area (TPSA) is 93.1 Å². The largest absolute Gasteiger partial charge is 0.459 e. The Bertz CT molecular complexity index is 828. The second-order valence-corrected chi connectivity index (χ2v) is 8.60. The molecule has 1 heterocycles. The van der Waals surface area contributed by atoms with Gasteiger partial charge in [-0.05, 0) is 50.5 Å². The van der Waals surface area contributed by atoms with Crippen molar-refractivity contribution < 1.29 is 41.5 Å². The lowest BCUT2D eigenvalue weighted by atomic mass is 9.98. The summed E-state index contributed by atoms with van der Waals surface area (Å²) in [5.74, 6) is -2.21. The van der Waals surface area contributed by atoms with Crippen LogP contribution >= 0.6 is 7.60 Å². The van der Waals surface area contributed by atoms with E-state index in [1.165, 1.54) is 6.92 Å². The van der Waals surface area contributed by atoms with Crippen LogP contribution in [0.15, 0.2) is 18.2 Å². The van der Waals surface area contributed by atoms with Crippen molar-refractivity contribution in [3.63, 3.8) is 0 Å². The number of hydrogen-bond acceptors (Lipinski definition) is 5. The van der Waals surface area contributed by atoms with Gasteiger partial charge in [0.1, 0.15) is 0 Å². The highest BCUT2D eigenvalue weighted by atomic mass is 31.2. The summed E-state index contributed by atoms with van der Waals surface area (Å²) in [5, 5.41) is 0. The van der Waals surface area contributed by atoms with Crippen molar-refractivity contribution in [3.05, 3.63) is 29.3 Å². The zero-order chi connectivity index (χ0) is 22.0. The second kappa shape index (κ2) is 8.85. The molecule has 1 amide bonds. The molecule has 1 aromatic carbocycles. The van der Waals surface area contributed by atoms with Gasteiger partial charge in [-0.1, -0.05) is 6.92 Å². The highest BCUT2D eigenvalue weighted by Gasteiger charge is 2.43. The minimum absolute atomic E-state index is 0.0461. The number of carbonyl (C=O) groups excluding carboxylic acids is 2. The van der Waals surface area contributed by atoms with Crippen molar-refractivity contribution in [2.75, 3.05) is 18.1 Å². The van der Waals surface area contributed by atoms with Gasteiger partial charge in [0, 0.05) is 12.2 Å². The predicted molar refractivity (Wildman–Crippen MR) is 98.5 cm³/mol. The number of benzene rings is 1. The Morgan fingerprint density at radius 3 is 2.55 bits per heavy atom. The van der Waals surface area contributed by atoms with Crippen LogP contribution in [0.1, 0.15) is 50.4 Å². The molecule has 0 spiro atoms. The lowest BCUT2D eigenvalue weighted by Gasteiger charge is -2.36. The number of nitrogens with zero attached hydrogens (tertiary/aromatic N) is 1. The third-order valence-corrected chi connectivity index (χ3v) is 6.61. The lowest BCUT2D eigenvalue weighted by Crippen LogP contribution is -2.42. The molecule has 3 unspecified atom stereocenters. The van der Waals surface area contributed by atoms with E-state index in [0.29, 0.717) is 6.42 Å². The van der Waals surface area contributed by atoms with Crippen LogP contribution in [0.4, 0.5) is 18.9 Å². The van der Waals surface area contributed by atoms with E-state index < -0.39 is 43.0 Å². The van der Waals surface area contributed by atoms with Gasteiger partial charge in [0.15, 0.2) is 0 Å². The Kier molecular flexibility index (Phi) is 7.14. The number of anilines is 1. The Balaban J connectivity index is 2.53. The lowest BCUT2D eigenvalue weighted by molar-refractivity contribution is -0.153. The van der Waals surface area contributed by atoms with Crippen molar-refractivity contribution in [2.24, 2.45) is 0 Å². The first-order chi connectivity index (χ1) is 13.4. The molecule has 1 aliphatic heterocycles. The molecule has 1 aliphatic rings. The van der Waals surface area contributed by atoms with Gasteiger partial charge < -0.3 is 19.1 Å². The fourth-order valence-electron chi connectivity index (χ4n) is 3.03. The predicted octanol–water partition coefficient (Wildman–Crippen LogP) is 4.05. The maximum atomic E-state index is 13.2. The summed E-state index contributed by atoms with van der Waals surface area (Å²) in [6, 6.07) is 2.50. The molecule has 1 aromatic rings. The summed E-state index contributed by atoms with van der Waals surface area (Å²) in [6.45, 7) is 4.64. The monoisotopic (exact) mass is 437 g/mol. The van der Waals surface area contributed by atoms with Crippen LogP contribution in [0.5, 0.6) is 0 Å². The number of carbonyl (C=O) groups is 2. The number of hydrogen-bond donors (Lipinski definition) is 1. The maximum Gasteiger partial charge on any atom is 0.416 e. The average Bonchev–Trinajstić information content (AvgIpc) is 2.64. The highest BCUT2D eigenvalue weighted by molar-refractivity contribution is 7.53. The Morgan fingerprint density at radius 2 is 2.00 bits per heavy atom. The van der Waals surface area contributed by atoms with Crippen LogP contribution in [0.2, 0.25) is 0 Å². The molecule has 1 N–H and O–H groups in total. The second-order valence-electron chi connectivity index (χ2n) is 6.64. The zero-order valence-electron chi connectivity index (χ0n) is 16.2. The fourth-order valence-corrected chi connectivity index (χ4v) is 4.84. The molecular formula is C18H23F3NO6P. The zero-order valence-corrected chi connectivity index (χ0v) is 17.1. The summed E-state index contributed by atoms with van der Waals surface area (Å²) in [4.78, 5) is 35.6. The first-order valence-electron chi connectivity index (χ1n) is 9.13. The summed E-state index contributed by atoms with van der Waals surface area (Å²) < 4.78 is 62.4. The Morgan fingerprint density at radius 1 is 1.34 bits per heavy atom. The van der Waals surface area contributed by atoms with Crippen LogP contribution in [-0.4, -0.2) is 36.0 Å². The van der Waals surface area contributed by atoms with Crippen molar-refractivity contribution in [1.29, 1.82) is 0 Å². The van der Waals surface area contributed by atoms with Crippen molar-refractivity contribution >= 4 is 25.2 Å². The van der Waals surface area contributed by atoms with Gasteiger partial charge in [0.25, 0.3) is 0 Å². The first kappa shape index (κ1) is 23.4. The van der Waals surface area contributed by atoms with Crippen LogP contribution in [0, 0.1) is 0 Å². The SMILES string of the molecule is CCOC(=O)C(=O)N1CCC(P(=O)(O)OC(C)CC)c2cc(C(F)(F)F)ccc21. The molecule has 7 nitrogen and oxygen atoms in total. The molecule has 0 saturated carbocycles. The van der Waals surface area contributed by atoms with E-state index in [0.717, 1.165) is 23.1 Å². The molecule has 11 heteroatoms. The van der Waals surface area contributed by atoms with Crippen LogP contribution in [0.3, 0.4) is 0 Å². The number of ether oxygens (including phenoxy) is 1. The Hall–Kier alpha value is -1.90. The first-order valence-corrected chi connectivity index (χ1v) is 10.8. The number of fused-ring (bicyclic) bond motifs is 1. The third kappa shape index (κ3) is 5.18. The van der Waals surface area contributed by atoms with Crippen LogP contribution in [0.25, 0.3) is 0 Å². The van der Waals surface area contributed by atoms with E-state index in [-0.39, 0.29) is 30.8 Å². The third-order valence-electron chi connectivity index (χ3n) is 4.63. The molecule has 3 atom stereocenters. The van der Waals surface area contributed by atoms with Crippen molar-refractivity contribution in [3.8, 4) is 0 Å². The van der Waals surface area contributed by atoms with Gasteiger partial charge >= 0.3 is 25.6 Å². The normalized spacial score (nSPS) is 19.8. The van der Waals surface area contributed by atoms with E-state index in [2.05, 4.69) is 4.74 Å². The molecule has 0 fully saturated rings. The molecular weight excluding hydrogens is 414 g/mol. The van der Waals surface area contributed by atoms with Gasteiger partial charge in [-0.15, -0.1) is 0 Å². The number of rotatable bonds is 5.